The molecule has 9 aromatic rings. The normalized spacial score (nSPS) is 14.8. The number of aromatic nitrogens is 1. The van der Waals surface area contributed by atoms with Crippen LogP contribution in [-0.2, 0) is 0 Å². The van der Waals surface area contributed by atoms with Gasteiger partial charge in [0, 0.05) is 23.0 Å². The molecule has 1 nitrogen and oxygen atoms in total. The van der Waals surface area contributed by atoms with Crippen LogP contribution in [0.15, 0.2) is 212 Å². The van der Waals surface area contributed by atoms with Crippen molar-refractivity contribution in [3.8, 4) is 67.0 Å². The summed E-state index contributed by atoms with van der Waals surface area (Å²) in [4.78, 5) is 5.32. The van der Waals surface area contributed by atoms with E-state index >= 15 is 0 Å². The summed E-state index contributed by atoms with van der Waals surface area (Å²) in [6.45, 7) is 0. The Bertz CT molecular complexity index is 2820. The van der Waals surface area contributed by atoms with E-state index in [1.54, 1.807) is 0 Å². The highest BCUT2D eigenvalue weighted by molar-refractivity contribution is 5.93. The topological polar surface area (TPSA) is 12.9 Å². The first-order valence-electron chi connectivity index (χ1n) is 19.5. The summed E-state index contributed by atoms with van der Waals surface area (Å²) in [5, 5.41) is 0. The van der Waals surface area contributed by atoms with Gasteiger partial charge in [0.25, 0.3) is 0 Å². The van der Waals surface area contributed by atoms with Crippen molar-refractivity contribution in [3.05, 3.63) is 246 Å². The third-order valence-corrected chi connectivity index (χ3v) is 11.8. The van der Waals surface area contributed by atoms with E-state index < -0.39 is 0 Å². The van der Waals surface area contributed by atoms with Gasteiger partial charge in [0.05, 0.1) is 11.4 Å². The van der Waals surface area contributed by atoms with Crippen molar-refractivity contribution >= 4 is 0 Å². The highest BCUT2D eigenvalue weighted by atomic mass is 14.7. The molecule has 0 N–H and O–H groups in total. The molecule has 56 heavy (non-hydrogen) atoms. The summed E-state index contributed by atoms with van der Waals surface area (Å²) in [5.41, 5.74) is 22.5. The van der Waals surface area contributed by atoms with Crippen LogP contribution in [0.1, 0.15) is 45.2 Å². The van der Waals surface area contributed by atoms with E-state index in [0.29, 0.717) is 0 Å². The van der Waals surface area contributed by atoms with Crippen LogP contribution in [0.5, 0.6) is 0 Å². The predicted molar refractivity (Wildman–Crippen MR) is 232 cm³/mol. The summed E-state index contributed by atoms with van der Waals surface area (Å²) in [5.74, 6) is 0.0946. The molecule has 0 saturated carbocycles. The highest BCUT2D eigenvalue weighted by Crippen LogP contribution is 2.59. The lowest BCUT2D eigenvalue weighted by molar-refractivity contribution is 0.936. The summed E-state index contributed by atoms with van der Waals surface area (Å²) < 4.78 is 0. The van der Waals surface area contributed by atoms with Crippen LogP contribution in [0.3, 0.4) is 0 Å². The monoisotopic (exact) mass is 711 g/mol. The zero-order valence-electron chi connectivity index (χ0n) is 30.8. The van der Waals surface area contributed by atoms with Gasteiger partial charge >= 0.3 is 0 Å². The lowest BCUT2D eigenvalue weighted by atomic mass is 9.80. The molecule has 0 amide bonds. The van der Waals surface area contributed by atoms with E-state index in [9.17, 15) is 0 Å². The Kier molecular flexibility index (Phi) is 7.70. The largest absolute Gasteiger partial charge is 0.248 e. The predicted octanol–water partition coefficient (Wildman–Crippen LogP) is 14.1. The van der Waals surface area contributed by atoms with Crippen molar-refractivity contribution < 1.29 is 0 Å². The molecular weight excluding hydrogens is 675 g/mol. The third-order valence-electron chi connectivity index (χ3n) is 11.8. The van der Waals surface area contributed by atoms with Crippen LogP contribution in [0.25, 0.3) is 67.0 Å². The van der Waals surface area contributed by atoms with Crippen LogP contribution < -0.4 is 0 Å². The first kappa shape index (κ1) is 32.3. The lowest BCUT2D eigenvalue weighted by Gasteiger charge is -2.23. The van der Waals surface area contributed by atoms with E-state index in [4.69, 9.17) is 4.98 Å². The Balaban J connectivity index is 1.20. The Labute approximate surface area is 328 Å². The lowest BCUT2D eigenvalue weighted by Crippen LogP contribution is -2.08. The Hall–Kier alpha value is -7.09. The molecule has 1 heterocycles. The van der Waals surface area contributed by atoms with Gasteiger partial charge in [-0.3, -0.25) is 0 Å². The summed E-state index contributed by atoms with van der Waals surface area (Å²) in [6.07, 6.45) is 0. The van der Waals surface area contributed by atoms with Crippen LogP contribution >= 0.6 is 0 Å². The molecule has 1 aromatic heterocycles. The maximum Gasteiger partial charge on any atom is 0.0712 e. The minimum absolute atomic E-state index is 0.00168. The van der Waals surface area contributed by atoms with Gasteiger partial charge in [0.1, 0.15) is 0 Å². The van der Waals surface area contributed by atoms with Crippen molar-refractivity contribution in [3.63, 3.8) is 0 Å². The highest BCUT2D eigenvalue weighted by Gasteiger charge is 2.40. The van der Waals surface area contributed by atoms with Gasteiger partial charge in [-0.2, -0.15) is 0 Å². The molecule has 0 radical (unpaired) electrons. The van der Waals surface area contributed by atoms with Crippen molar-refractivity contribution in [2.24, 2.45) is 0 Å². The fourth-order valence-electron chi connectivity index (χ4n) is 9.31. The number of nitrogens with zero attached hydrogens (tertiary/aromatic N) is 1. The van der Waals surface area contributed by atoms with Crippen molar-refractivity contribution in [2.45, 2.75) is 11.8 Å². The molecule has 0 bridgehead atoms. The van der Waals surface area contributed by atoms with Gasteiger partial charge in [-0.1, -0.05) is 188 Å². The van der Waals surface area contributed by atoms with Gasteiger partial charge in [0.2, 0.25) is 0 Å². The zero-order chi connectivity index (χ0) is 37.0. The molecule has 262 valence electrons. The molecule has 2 aliphatic carbocycles. The summed E-state index contributed by atoms with van der Waals surface area (Å²) in [7, 11) is 0. The van der Waals surface area contributed by atoms with E-state index in [0.717, 1.165) is 22.5 Å². The number of benzene rings is 8. The molecule has 0 fully saturated rings. The molecule has 0 aliphatic heterocycles. The fraction of sp³-hybridized carbons (Fsp3) is 0.0364. The average molecular weight is 712 g/mol. The van der Waals surface area contributed by atoms with Gasteiger partial charge in [-0.05, 0) is 102 Å². The molecule has 2 aliphatic rings. The van der Waals surface area contributed by atoms with Crippen LogP contribution in [0.4, 0.5) is 0 Å². The second-order valence-electron chi connectivity index (χ2n) is 15.0. The quantitative estimate of drug-likeness (QED) is 0.167. The van der Waals surface area contributed by atoms with Crippen molar-refractivity contribution in [2.75, 3.05) is 0 Å². The van der Waals surface area contributed by atoms with Crippen LogP contribution in [0.2, 0.25) is 0 Å². The standard InChI is InChI=1S/C55H37N/c1-6-16-36(17-7-1)41-26-28-44-48(32-41)46-30-31-47-49-33-42(37-18-8-2-9-19-37)27-29-45(49)53(55(47)54(46)52(44)40-24-14-5-15-25-40)43-34-50(38-20-10-3-11-21-38)56-51(35-43)39-22-12-4-13-23-39/h1-35,52-53H. The molecule has 2 atom stereocenters. The first-order valence-corrected chi connectivity index (χ1v) is 19.5. The Morgan fingerprint density at radius 1 is 0.268 bits per heavy atom. The van der Waals surface area contributed by atoms with Crippen molar-refractivity contribution in [1.29, 1.82) is 0 Å². The number of fused-ring (bicyclic) bond motifs is 7. The number of pyridine rings is 1. The molecular formula is C55H37N. The second-order valence-corrected chi connectivity index (χ2v) is 15.0. The minimum atomic E-state index is 0.00168. The van der Waals surface area contributed by atoms with E-state index in [-0.39, 0.29) is 11.8 Å². The second kappa shape index (κ2) is 13.3. The molecule has 0 saturated heterocycles. The van der Waals surface area contributed by atoms with Gasteiger partial charge in [0.15, 0.2) is 0 Å². The molecule has 11 rings (SSSR count). The molecule has 8 aromatic carbocycles. The molecule has 1 heteroatoms. The van der Waals surface area contributed by atoms with Crippen molar-refractivity contribution in [1.82, 2.24) is 4.98 Å². The first-order chi connectivity index (χ1) is 27.8. The van der Waals surface area contributed by atoms with Gasteiger partial charge in [-0.15, -0.1) is 0 Å². The van der Waals surface area contributed by atoms with Crippen LogP contribution in [0, 0.1) is 0 Å². The SMILES string of the molecule is c1ccc(-c2ccc3c(c2)-c2ccc4c(c2C3c2ccccc2)C(c2cc(-c3ccccc3)nc(-c3ccccc3)c2)c2ccc(-c3ccccc3)cc2-4)cc1. The number of rotatable bonds is 6. The Morgan fingerprint density at radius 2 is 0.643 bits per heavy atom. The van der Waals surface area contributed by atoms with E-state index in [1.165, 1.54) is 77.9 Å². The number of hydrogen-bond acceptors (Lipinski definition) is 1. The average Bonchev–Trinajstić information content (AvgIpc) is 3.80. The number of hydrogen-bond donors (Lipinski definition) is 0. The maximum atomic E-state index is 5.32. The van der Waals surface area contributed by atoms with E-state index in [2.05, 4.69) is 212 Å². The minimum Gasteiger partial charge on any atom is -0.248 e. The third kappa shape index (κ3) is 5.35. The Morgan fingerprint density at radius 3 is 1.07 bits per heavy atom. The van der Waals surface area contributed by atoms with E-state index in [1.807, 2.05) is 0 Å². The zero-order valence-corrected chi connectivity index (χ0v) is 30.8. The fourth-order valence-corrected chi connectivity index (χ4v) is 9.31. The molecule has 2 unspecified atom stereocenters. The van der Waals surface area contributed by atoms with Gasteiger partial charge < -0.3 is 0 Å². The smallest absolute Gasteiger partial charge is 0.0712 e. The summed E-state index contributed by atoms with van der Waals surface area (Å²) in [6, 6.07) is 77.7. The van der Waals surface area contributed by atoms with Gasteiger partial charge in [-0.25, -0.2) is 4.98 Å². The summed E-state index contributed by atoms with van der Waals surface area (Å²) >= 11 is 0. The molecule has 0 spiro atoms. The van der Waals surface area contributed by atoms with Crippen LogP contribution in [-0.4, -0.2) is 4.98 Å². The maximum absolute atomic E-state index is 5.32.